The van der Waals surface area contributed by atoms with E-state index in [1.165, 1.54) is 0 Å². The molecule has 3 aromatic carbocycles. The highest BCUT2D eigenvalue weighted by atomic mass is 32.2. The monoisotopic (exact) mass is 464 g/mol. The molecule has 0 saturated carbocycles. The van der Waals surface area contributed by atoms with Crippen molar-refractivity contribution in [2.75, 3.05) is 0 Å². The van der Waals surface area contributed by atoms with Crippen LogP contribution in [0.15, 0.2) is 77.7 Å². The molecule has 0 spiro atoms. The second-order valence-corrected chi connectivity index (χ2v) is 10.9. The molecule has 1 N–H and O–H groups in total. The van der Waals surface area contributed by atoms with Gasteiger partial charge in [0.1, 0.15) is 11.1 Å². The van der Waals surface area contributed by atoms with Crippen LogP contribution in [0, 0.1) is 6.92 Å². The van der Waals surface area contributed by atoms with Crippen LogP contribution in [0.2, 0.25) is 0 Å². The van der Waals surface area contributed by atoms with Crippen LogP contribution >= 0.6 is 12.6 Å². The van der Waals surface area contributed by atoms with E-state index in [4.69, 9.17) is 0 Å². The maximum atomic E-state index is 13.4. The van der Waals surface area contributed by atoms with Crippen molar-refractivity contribution >= 4 is 33.2 Å². The summed E-state index contributed by atoms with van der Waals surface area (Å²) in [5.74, 6) is 0. The smallest absolute Gasteiger partial charge is 0.195 e. The van der Waals surface area contributed by atoms with E-state index in [-0.39, 0.29) is 11.3 Å². The lowest BCUT2D eigenvalue weighted by atomic mass is 10.1. The molecular formula is C24H24N4O2S2. The lowest BCUT2D eigenvalue weighted by Crippen LogP contribution is -2.40. The number of aromatic nitrogens is 3. The quantitative estimate of drug-likeness (QED) is 0.439. The van der Waals surface area contributed by atoms with Crippen molar-refractivity contribution in [2.24, 2.45) is 0 Å². The molecule has 32 heavy (non-hydrogen) atoms. The van der Waals surface area contributed by atoms with E-state index < -0.39 is 15.2 Å². The fraction of sp³-hybridized carbons (Fsp3) is 0.250. The van der Waals surface area contributed by atoms with Gasteiger partial charge in [0, 0.05) is 16.9 Å². The fourth-order valence-corrected chi connectivity index (χ4v) is 6.91. The summed E-state index contributed by atoms with van der Waals surface area (Å²) in [4.78, 5) is 0.316. The van der Waals surface area contributed by atoms with Crippen LogP contribution in [0.1, 0.15) is 12.1 Å². The van der Waals surface area contributed by atoms with Gasteiger partial charge < -0.3 is 0 Å². The van der Waals surface area contributed by atoms with E-state index >= 15 is 0 Å². The lowest BCUT2D eigenvalue weighted by molar-refractivity contribution is 0.453. The van der Waals surface area contributed by atoms with Gasteiger partial charge in [-0.1, -0.05) is 65.9 Å². The maximum Gasteiger partial charge on any atom is 0.195 e. The molecule has 1 aromatic heterocycles. The summed E-state index contributed by atoms with van der Waals surface area (Å²) < 4.78 is 28.6. The average Bonchev–Trinajstić information content (AvgIpc) is 3.36. The van der Waals surface area contributed by atoms with Crippen LogP contribution < -0.4 is 5.32 Å². The van der Waals surface area contributed by atoms with Crippen molar-refractivity contribution in [3.8, 4) is 11.3 Å². The van der Waals surface area contributed by atoms with Crippen LogP contribution in [0.4, 0.5) is 0 Å². The van der Waals surface area contributed by atoms with E-state index in [9.17, 15) is 8.42 Å². The summed E-state index contributed by atoms with van der Waals surface area (Å²) in [5.41, 5.74) is 2.81. The number of benzene rings is 3. The molecule has 8 heteroatoms. The molecule has 4 aromatic rings. The van der Waals surface area contributed by atoms with Gasteiger partial charge in [0.05, 0.1) is 17.1 Å². The molecule has 0 bridgehead atoms. The molecule has 164 valence electrons. The zero-order valence-corrected chi connectivity index (χ0v) is 19.3. The number of nitrogens with zero attached hydrogens (tertiary/aromatic N) is 3. The summed E-state index contributed by atoms with van der Waals surface area (Å²) >= 11 is 4.63. The third-order valence-electron chi connectivity index (χ3n) is 6.08. The van der Waals surface area contributed by atoms with Crippen LogP contribution in [-0.2, 0) is 16.4 Å². The molecule has 6 nitrogen and oxygen atoms in total. The molecule has 0 amide bonds. The molecule has 3 atom stereocenters. The van der Waals surface area contributed by atoms with Crippen molar-refractivity contribution in [2.45, 2.75) is 41.5 Å². The number of hydrogen-bond acceptors (Lipinski definition) is 6. The Hall–Kier alpha value is -2.68. The number of hydrogen-bond donors (Lipinski definition) is 2. The number of sulfone groups is 1. The van der Waals surface area contributed by atoms with Crippen molar-refractivity contribution < 1.29 is 8.42 Å². The average molecular weight is 465 g/mol. The molecule has 5 rings (SSSR count). The first-order valence-corrected chi connectivity index (χ1v) is 12.6. The van der Waals surface area contributed by atoms with Crippen molar-refractivity contribution in [3.63, 3.8) is 0 Å². The second-order valence-electron chi connectivity index (χ2n) is 8.21. The van der Waals surface area contributed by atoms with E-state index in [2.05, 4.69) is 28.3 Å². The van der Waals surface area contributed by atoms with Gasteiger partial charge in [-0.05, 0) is 36.2 Å². The molecule has 1 aliphatic heterocycles. The topological polar surface area (TPSA) is 76.9 Å². The highest BCUT2D eigenvalue weighted by Gasteiger charge is 2.41. The highest BCUT2D eigenvalue weighted by Crippen LogP contribution is 2.30. The number of fused-ring (bicyclic) bond motifs is 1. The minimum Gasteiger partial charge on any atom is -0.295 e. The minimum atomic E-state index is -3.59. The maximum absolute atomic E-state index is 13.4. The Morgan fingerprint density at radius 3 is 2.53 bits per heavy atom. The summed E-state index contributed by atoms with van der Waals surface area (Å²) in [7, 11) is -3.59. The standard InChI is InChI=1S/C24H24N4O2S2/c1-16-23(18-8-3-2-4-9-18)26-27-28(16)15-20-14-22(31)24(25-20)32(29,30)21-12-11-17-7-5-6-10-19(17)13-21/h2-13,20,22,24-25,31H,14-15H2,1H3/t20-,22+,24?/m0/s1. The van der Waals surface area contributed by atoms with E-state index in [0.29, 0.717) is 17.9 Å². The number of thiol groups is 1. The van der Waals surface area contributed by atoms with Gasteiger partial charge in [0.15, 0.2) is 9.84 Å². The van der Waals surface area contributed by atoms with Gasteiger partial charge in [0.2, 0.25) is 0 Å². The van der Waals surface area contributed by atoms with Gasteiger partial charge in [-0.25, -0.2) is 13.1 Å². The van der Waals surface area contributed by atoms with Crippen LogP contribution in [-0.4, -0.2) is 40.1 Å². The number of rotatable bonds is 5. The van der Waals surface area contributed by atoms with Gasteiger partial charge in [-0.3, -0.25) is 5.32 Å². The molecule has 0 aliphatic carbocycles. The Bertz CT molecular complexity index is 1370. The van der Waals surface area contributed by atoms with Crippen LogP contribution in [0.5, 0.6) is 0 Å². The molecule has 1 aliphatic rings. The van der Waals surface area contributed by atoms with Gasteiger partial charge in [0.25, 0.3) is 0 Å². The molecule has 0 radical (unpaired) electrons. The summed E-state index contributed by atoms with van der Waals surface area (Å²) in [6.07, 6.45) is 0.626. The molecule has 2 heterocycles. The Morgan fingerprint density at radius 1 is 1.03 bits per heavy atom. The molecule has 1 fully saturated rings. The predicted octanol–water partition coefficient (Wildman–Crippen LogP) is 3.87. The first-order chi connectivity index (χ1) is 15.4. The zero-order chi connectivity index (χ0) is 22.3. The Balaban J connectivity index is 1.36. The normalized spacial score (nSPS) is 21.2. The van der Waals surface area contributed by atoms with Crippen molar-refractivity contribution in [3.05, 3.63) is 78.5 Å². The first kappa shape index (κ1) is 21.2. The van der Waals surface area contributed by atoms with Gasteiger partial charge in [-0.2, -0.15) is 12.6 Å². The molecule has 1 saturated heterocycles. The molecule has 1 unspecified atom stereocenters. The van der Waals surface area contributed by atoms with Crippen LogP contribution in [0.25, 0.3) is 22.0 Å². The van der Waals surface area contributed by atoms with Crippen molar-refractivity contribution in [1.29, 1.82) is 0 Å². The summed E-state index contributed by atoms with van der Waals surface area (Å²) in [6.45, 7) is 2.52. The summed E-state index contributed by atoms with van der Waals surface area (Å²) in [6, 6.07) is 22.9. The Kier molecular flexibility index (Phi) is 5.53. The summed E-state index contributed by atoms with van der Waals surface area (Å²) in [5, 5.41) is 12.8. The molecular weight excluding hydrogens is 440 g/mol. The van der Waals surface area contributed by atoms with Crippen molar-refractivity contribution in [1.82, 2.24) is 20.3 Å². The predicted molar refractivity (Wildman–Crippen MR) is 129 cm³/mol. The highest BCUT2D eigenvalue weighted by molar-refractivity contribution is 7.93. The fourth-order valence-electron chi connectivity index (χ4n) is 4.35. The Labute approximate surface area is 193 Å². The van der Waals surface area contributed by atoms with E-state index in [1.54, 1.807) is 12.1 Å². The van der Waals surface area contributed by atoms with E-state index in [1.807, 2.05) is 72.3 Å². The van der Waals surface area contributed by atoms with Gasteiger partial charge >= 0.3 is 0 Å². The third kappa shape index (κ3) is 3.83. The SMILES string of the molecule is Cc1c(-c2ccccc2)nnn1C[C@@H]1C[C@@H](S)C(S(=O)(=O)c2ccc3ccccc3c2)N1. The van der Waals surface area contributed by atoms with E-state index in [0.717, 1.165) is 27.7 Å². The first-order valence-electron chi connectivity index (χ1n) is 10.6. The lowest BCUT2D eigenvalue weighted by Gasteiger charge is -2.17. The van der Waals surface area contributed by atoms with Crippen LogP contribution in [0.3, 0.4) is 0 Å². The second kappa shape index (κ2) is 8.35. The third-order valence-corrected chi connectivity index (χ3v) is 8.84. The van der Waals surface area contributed by atoms with Gasteiger partial charge in [-0.15, -0.1) is 5.10 Å². The Morgan fingerprint density at radius 2 is 1.75 bits per heavy atom. The largest absolute Gasteiger partial charge is 0.295 e. The zero-order valence-electron chi connectivity index (χ0n) is 17.6. The number of nitrogens with one attached hydrogen (secondary N) is 1. The minimum absolute atomic E-state index is 0.0678.